The summed E-state index contributed by atoms with van der Waals surface area (Å²) in [6.07, 6.45) is 3.24. The summed E-state index contributed by atoms with van der Waals surface area (Å²) in [4.78, 5) is 2.44. The Balaban J connectivity index is 1.75. The predicted octanol–water partition coefficient (Wildman–Crippen LogP) is 5.15. The van der Waals surface area contributed by atoms with E-state index < -0.39 is 0 Å². The molecule has 26 heavy (non-hydrogen) atoms. The number of nitrogens with zero attached hydrogens (tertiary/aromatic N) is 2. The van der Waals surface area contributed by atoms with Gasteiger partial charge in [0.15, 0.2) is 0 Å². The van der Waals surface area contributed by atoms with Crippen LogP contribution < -0.4 is 0 Å². The lowest BCUT2D eigenvalue weighted by Crippen LogP contribution is -2.29. The molecule has 1 aliphatic heterocycles. The monoisotopic (exact) mass is 366 g/mol. The minimum Gasteiger partial charge on any atom is -0.508 e. The van der Waals surface area contributed by atoms with Gasteiger partial charge >= 0.3 is 0 Å². The van der Waals surface area contributed by atoms with E-state index in [-0.39, 0.29) is 6.04 Å². The van der Waals surface area contributed by atoms with Gasteiger partial charge in [-0.3, -0.25) is 4.90 Å². The third kappa shape index (κ3) is 3.37. The molecule has 0 amide bonds. The Hall–Kier alpha value is -2.23. The van der Waals surface area contributed by atoms with E-state index in [0.29, 0.717) is 17.3 Å². The van der Waals surface area contributed by atoms with Crippen LogP contribution in [0.1, 0.15) is 34.8 Å². The first-order valence-electron chi connectivity index (χ1n) is 9.05. The van der Waals surface area contributed by atoms with Crippen molar-refractivity contribution in [1.82, 2.24) is 9.47 Å². The van der Waals surface area contributed by atoms with Crippen molar-refractivity contribution < 1.29 is 5.11 Å². The predicted molar refractivity (Wildman–Crippen MR) is 106 cm³/mol. The zero-order chi connectivity index (χ0) is 18.1. The molecule has 1 N–H and O–H groups in total. The van der Waals surface area contributed by atoms with Gasteiger partial charge in [-0.2, -0.15) is 0 Å². The minimum absolute atomic E-state index is 0.159. The van der Waals surface area contributed by atoms with Gasteiger partial charge in [0, 0.05) is 42.1 Å². The normalized spacial score (nSPS) is 17.7. The van der Waals surface area contributed by atoms with Crippen molar-refractivity contribution >= 4 is 11.6 Å². The van der Waals surface area contributed by atoms with Crippen molar-refractivity contribution in [3.8, 4) is 5.75 Å². The van der Waals surface area contributed by atoms with E-state index in [0.717, 1.165) is 25.1 Å². The first kappa shape index (κ1) is 17.2. The Bertz CT molecular complexity index is 901. The molecule has 1 aromatic heterocycles. The van der Waals surface area contributed by atoms with Crippen LogP contribution in [0, 0.1) is 6.92 Å². The summed E-state index contributed by atoms with van der Waals surface area (Å²) in [5.74, 6) is 0.302. The van der Waals surface area contributed by atoms with E-state index in [1.165, 1.54) is 16.8 Å². The SMILES string of the molecule is Cc1ccc(C2c3cccn3CCCN2Cc2cc(Cl)ccc2O)cc1. The Morgan fingerprint density at radius 3 is 2.69 bits per heavy atom. The molecule has 0 aliphatic carbocycles. The van der Waals surface area contributed by atoms with Gasteiger partial charge in [-0.05, 0) is 49.2 Å². The Morgan fingerprint density at radius 1 is 1.08 bits per heavy atom. The maximum absolute atomic E-state index is 10.3. The lowest BCUT2D eigenvalue weighted by atomic mass is 10.00. The minimum atomic E-state index is 0.159. The standard InChI is InChI=1S/C22H23ClN2O/c1-16-5-7-17(8-6-16)22-20-4-2-11-24(20)12-3-13-25(22)15-18-14-19(23)9-10-21(18)26/h2,4-11,14,22,26H,3,12-13,15H2,1H3. The molecule has 2 heterocycles. The number of aromatic hydroxyl groups is 1. The molecule has 1 aliphatic rings. The second-order valence-electron chi connectivity index (χ2n) is 7.04. The van der Waals surface area contributed by atoms with Crippen molar-refractivity contribution in [1.29, 1.82) is 0 Å². The molecule has 1 atom stereocenters. The van der Waals surface area contributed by atoms with Gasteiger partial charge in [0.1, 0.15) is 5.75 Å². The topological polar surface area (TPSA) is 28.4 Å². The molecule has 1 unspecified atom stereocenters. The summed E-state index contributed by atoms with van der Waals surface area (Å²) >= 11 is 6.17. The quantitative estimate of drug-likeness (QED) is 0.694. The molecular formula is C22H23ClN2O. The molecule has 4 rings (SSSR count). The van der Waals surface area contributed by atoms with E-state index in [2.05, 4.69) is 59.0 Å². The van der Waals surface area contributed by atoms with Crippen LogP contribution >= 0.6 is 11.6 Å². The number of aromatic nitrogens is 1. The molecular weight excluding hydrogens is 344 g/mol. The summed E-state index contributed by atoms with van der Waals surface area (Å²) in [7, 11) is 0. The van der Waals surface area contributed by atoms with Gasteiger partial charge < -0.3 is 9.67 Å². The van der Waals surface area contributed by atoms with E-state index in [9.17, 15) is 5.11 Å². The summed E-state index contributed by atoms with van der Waals surface area (Å²) in [6.45, 7) is 4.76. The fourth-order valence-corrected chi connectivity index (χ4v) is 4.03. The number of benzene rings is 2. The van der Waals surface area contributed by atoms with Gasteiger partial charge in [0.05, 0.1) is 6.04 Å². The van der Waals surface area contributed by atoms with Crippen LogP contribution in [-0.2, 0) is 13.1 Å². The smallest absolute Gasteiger partial charge is 0.120 e. The van der Waals surface area contributed by atoms with Crippen LogP contribution in [0.5, 0.6) is 5.75 Å². The van der Waals surface area contributed by atoms with Crippen molar-refractivity contribution in [2.45, 2.75) is 32.5 Å². The lowest BCUT2D eigenvalue weighted by molar-refractivity contribution is 0.218. The highest BCUT2D eigenvalue weighted by atomic mass is 35.5. The second kappa shape index (κ2) is 7.18. The molecule has 3 nitrogen and oxygen atoms in total. The highest BCUT2D eigenvalue weighted by Gasteiger charge is 2.27. The van der Waals surface area contributed by atoms with Crippen LogP contribution in [0.2, 0.25) is 5.02 Å². The number of hydrogen-bond donors (Lipinski definition) is 1. The summed E-state index contributed by atoms with van der Waals surface area (Å²) in [5, 5.41) is 10.9. The first-order chi connectivity index (χ1) is 12.6. The molecule has 0 fully saturated rings. The van der Waals surface area contributed by atoms with Crippen LogP contribution in [0.25, 0.3) is 0 Å². The van der Waals surface area contributed by atoms with Crippen LogP contribution in [0.4, 0.5) is 0 Å². The maximum Gasteiger partial charge on any atom is 0.120 e. The average molecular weight is 367 g/mol. The van der Waals surface area contributed by atoms with Crippen molar-refractivity contribution in [3.05, 3.63) is 88.2 Å². The maximum atomic E-state index is 10.3. The third-order valence-corrected chi connectivity index (χ3v) is 5.40. The molecule has 2 aromatic carbocycles. The highest BCUT2D eigenvalue weighted by Crippen LogP contribution is 2.34. The molecule has 0 bridgehead atoms. The van der Waals surface area contributed by atoms with Gasteiger partial charge in [-0.1, -0.05) is 41.4 Å². The number of aryl methyl sites for hydroxylation is 2. The van der Waals surface area contributed by atoms with Crippen LogP contribution in [-0.4, -0.2) is 21.1 Å². The molecule has 134 valence electrons. The second-order valence-corrected chi connectivity index (χ2v) is 7.47. The molecule has 0 spiro atoms. The summed E-state index contributed by atoms with van der Waals surface area (Å²) in [5.41, 5.74) is 4.71. The fraction of sp³-hybridized carbons (Fsp3) is 0.273. The summed E-state index contributed by atoms with van der Waals surface area (Å²) < 4.78 is 2.35. The molecule has 0 radical (unpaired) electrons. The number of fused-ring (bicyclic) bond motifs is 1. The van der Waals surface area contributed by atoms with E-state index >= 15 is 0 Å². The molecule has 4 heteroatoms. The molecule has 0 saturated heterocycles. The van der Waals surface area contributed by atoms with Crippen molar-refractivity contribution in [2.75, 3.05) is 6.54 Å². The highest BCUT2D eigenvalue weighted by molar-refractivity contribution is 6.30. The fourth-order valence-electron chi connectivity index (χ4n) is 3.84. The Kier molecular flexibility index (Phi) is 4.75. The zero-order valence-electron chi connectivity index (χ0n) is 14.9. The Labute approximate surface area is 159 Å². The molecule has 3 aromatic rings. The van der Waals surface area contributed by atoms with Crippen molar-refractivity contribution in [2.24, 2.45) is 0 Å². The van der Waals surface area contributed by atoms with E-state index in [1.54, 1.807) is 12.1 Å². The number of hydrogen-bond acceptors (Lipinski definition) is 2. The zero-order valence-corrected chi connectivity index (χ0v) is 15.7. The average Bonchev–Trinajstić information content (AvgIpc) is 3.01. The van der Waals surface area contributed by atoms with Gasteiger partial charge in [0.2, 0.25) is 0 Å². The van der Waals surface area contributed by atoms with Crippen LogP contribution in [0.15, 0.2) is 60.8 Å². The number of phenolic OH excluding ortho intramolecular Hbond substituents is 1. The van der Waals surface area contributed by atoms with Gasteiger partial charge in [0.25, 0.3) is 0 Å². The lowest BCUT2D eigenvalue weighted by Gasteiger charge is -2.31. The van der Waals surface area contributed by atoms with E-state index in [4.69, 9.17) is 11.6 Å². The Morgan fingerprint density at radius 2 is 1.88 bits per heavy atom. The summed E-state index contributed by atoms with van der Waals surface area (Å²) in [6, 6.07) is 18.5. The largest absolute Gasteiger partial charge is 0.508 e. The number of halogens is 1. The van der Waals surface area contributed by atoms with Gasteiger partial charge in [-0.25, -0.2) is 0 Å². The van der Waals surface area contributed by atoms with E-state index in [1.807, 2.05) is 6.07 Å². The first-order valence-corrected chi connectivity index (χ1v) is 9.42. The number of phenols is 1. The third-order valence-electron chi connectivity index (χ3n) is 5.16. The number of rotatable bonds is 3. The van der Waals surface area contributed by atoms with Crippen molar-refractivity contribution in [3.63, 3.8) is 0 Å². The van der Waals surface area contributed by atoms with Gasteiger partial charge in [-0.15, -0.1) is 0 Å². The molecule has 0 saturated carbocycles. The van der Waals surface area contributed by atoms with Crippen LogP contribution in [0.3, 0.4) is 0 Å².